The number of halogens is 1. The molecule has 0 spiro atoms. The van der Waals surface area contributed by atoms with Crippen molar-refractivity contribution in [3.63, 3.8) is 0 Å². The molecule has 0 N–H and O–H groups in total. The zero-order valence-electron chi connectivity index (χ0n) is 15.2. The smallest absolute Gasteiger partial charge is 0.167 e. The van der Waals surface area contributed by atoms with Crippen LogP contribution in [0.5, 0.6) is 0 Å². The van der Waals surface area contributed by atoms with Crippen LogP contribution in [-0.2, 0) is 5.41 Å². The van der Waals surface area contributed by atoms with E-state index in [0.717, 1.165) is 12.8 Å². The summed E-state index contributed by atoms with van der Waals surface area (Å²) >= 11 is 0. The van der Waals surface area contributed by atoms with Gasteiger partial charge < -0.3 is 0 Å². The molecule has 140 valence electrons. The number of hydrogen-bond acceptors (Lipinski definition) is 4. The highest BCUT2D eigenvalue weighted by molar-refractivity contribution is 5.95. The molecule has 0 saturated carbocycles. The van der Waals surface area contributed by atoms with Crippen molar-refractivity contribution in [3.8, 4) is 0 Å². The summed E-state index contributed by atoms with van der Waals surface area (Å²) in [5.41, 5.74) is 4.41. The van der Waals surface area contributed by atoms with Crippen molar-refractivity contribution >= 4 is 5.71 Å². The fourth-order valence-corrected chi connectivity index (χ4v) is 4.00. The maximum absolute atomic E-state index is 8.49. The molecule has 0 aromatic heterocycles. The average Bonchev–Trinajstić information content (AvgIpc) is 2.87. The van der Waals surface area contributed by atoms with Gasteiger partial charge in [0.2, 0.25) is 0 Å². The Labute approximate surface area is 156 Å². The molecule has 0 aliphatic carbocycles. The first kappa shape index (κ1) is 20.6. The van der Waals surface area contributed by atoms with Gasteiger partial charge in [-0.3, -0.25) is 0 Å². The predicted molar refractivity (Wildman–Crippen MR) is 89.2 cm³/mol. The fraction of sp³-hybridized carbons (Fsp3) is 0.350. The Morgan fingerprint density at radius 2 is 1.31 bits per heavy atom. The maximum atomic E-state index is 8.49. The van der Waals surface area contributed by atoms with E-state index in [1.165, 1.54) is 16.8 Å². The van der Waals surface area contributed by atoms with Gasteiger partial charge in [0.05, 0.1) is 0 Å². The van der Waals surface area contributed by atoms with E-state index in [9.17, 15) is 0 Å². The normalized spacial score (nSPS) is 19.1. The SMILES string of the molecule is CCC1=[N+](C)C(C)CC1(c1ccccc1)c1ccccc1.[O-][Cl+3]([O-])([O-])[O-]. The molecule has 0 bridgehead atoms. The predicted octanol–water partition coefficient (Wildman–Crippen LogP) is -0.498. The summed E-state index contributed by atoms with van der Waals surface area (Å²) in [5.74, 6) is 0. The molecule has 26 heavy (non-hydrogen) atoms. The van der Waals surface area contributed by atoms with Gasteiger partial charge in [0.15, 0.2) is 11.8 Å². The molecule has 1 aliphatic rings. The first-order valence-corrected chi connectivity index (χ1v) is 9.75. The molecule has 0 radical (unpaired) electrons. The van der Waals surface area contributed by atoms with Crippen LogP contribution in [0, 0.1) is 10.2 Å². The summed E-state index contributed by atoms with van der Waals surface area (Å²) in [5, 5.41) is 0. The van der Waals surface area contributed by atoms with Crippen LogP contribution in [0.25, 0.3) is 0 Å². The third-order valence-electron chi connectivity index (χ3n) is 5.05. The third-order valence-corrected chi connectivity index (χ3v) is 5.05. The highest BCUT2D eigenvalue weighted by atomic mass is 35.7. The summed E-state index contributed by atoms with van der Waals surface area (Å²) in [6.07, 6.45) is 2.24. The first-order chi connectivity index (χ1) is 12.2. The molecule has 0 amide bonds. The van der Waals surface area contributed by atoms with E-state index in [1.54, 1.807) is 0 Å². The number of rotatable bonds is 3. The van der Waals surface area contributed by atoms with Crippen LogP contribution in [0.3, 0.4) is 0 Å². The van der Waals surface area contributed by atoms with Gasteiger partial charge in [-0.15, -0.1) is 10.2 Å². The Balaban J connectivity index is 0.000000431. The molecule has 2 aromatic rings. The van der Waals surface area contributed by atoms with Gasteiger partial charge in [0.25, 0.3) is 0 Å². The van der Waals surface area contributed by atoms with Crippen molar-refractivity contribution in [1.29, 1.82) is 0 Å². The molecule has 0 saturated heterocycles. The minimum Gasteiger partial charge on any atom is -0.236 e. The van der Waals surface area contributed by atoms with Crippen LogP contribution < -0.4 is 18.6 Å². The molecule has 1 unspecified atom stereocenters. The minimum absolute atomic E-state index is 0.0332. The van der Waals surface area contributed by atoms with E-state index < -0.39 is 10.2 Å². The van der Waals surface area contributed by atoms with Crippen LogP contribution in [0.1, 0.15) is 37.8 Å². The lowest BCUT2D eigenvalue weighted by Gasteiger charge is -2.29. The van der Waals surface area contributed by atoms with Crippen molar-refractivity contribution in [2.24, 2.45) is 0 Å². The van der Waals surface area contributed by atoms with E-state index in [4.69, 9.17) is 18.6 Å². The summed E-state index contributed by atoms with van der Waals surface area (Å²) in [6.45, 7) is 4.62. The minimum atomic E-state index is -4.94. The molecule has 0 fully saturated rings. The second-order valence-corrected chi connectivity index (χ2v) is 7.24. The topological polar surface area (TPSA) is 95.2 Å². The highest BCUT2D eigenvalue weighted by Crippen LogP contribution is 2.43. The van der Waals surface area contributed by atoms with Crippen LogP contribution in [0.2, 0.25) is 0 Å². The monoisotopic (exact) mass is 377 g/mol. The fourth-order valence-electron chi connectivity index (χ4n) is 4.00. The lowest BCUT2D eigenvalue weighted by molar-refractivity contribution is -2.00. The van der Waals surface area contributed by atoms with Crippen LogP contribution in [0.4, 0.5) is 0 Å². The lowest BCUT2D eigenvalue weighted by Crippen LogP contribution is -2.68. The largest absolute Gasteiger partial charge is 0.236 e. The lowest BCUT2D eigenvalue weighted by atomic mass is 9.68. The molecule has 6 heteroatoms. The Kier molecular flexibility index (Phi) is 6.55. The number of hydrogen-bond donors (Lipinski definition) is 0. The molecular weight excluding hydrogens is 354 g/mol. The first-order valence-electron chi connectivity index (χ1n) is 8.52. The molecule has 3 rings (SSSR count). The zero-order chi connectivity index (χ0) is 19.4. The van der Waals surface area contributed by atoms with E-state index in [1.807, 2.05) is 0 Å². The van der Waals surface area contributed by atoms with Gasteiger partial charge in [-0.25, -0.2) is 23.2 Å². The maximum Gasteiger partial charge on any atom is 0.167 e. The highest BCUT2D eigenvalue weighted by Gasteiger charge is 2.51. The zero-order valence-corrected chi connectivity index (χ0v) is 16.0. The molecule has 1 aliphatic heterocycles. The van der Waals surface area contributed by atoms with Crippen LogP contribution >= 0.6 is 0 Å². The van der Waals surface area contributed by atoms with E-state index in [2.05, 4.69) is 86.1 Å². The van der Waals surface area contributed by atoms with E-state index in [-0.39, 0.29) is 5.41 Å². The summed E-state index contributed by atoms with van der Waals surface area (Å²) in [4.78, 5) is 0. The van der Waals surface area contributed by atoms with Gasteiger partial charge in [-0.2, -0.15) is 0 Å². The second kappa shape index (κ2) is 8.29. The molecule has 2 aromatic carbocycles. The van der Waals surface area contributed by atoms with Crippen molar-refractivity contribution in [1.82, 2.24) is 0 Å². The van der Waals surface area contributed by atoms with Crippen LogP contribution in [0.15, 0.2) is 60.7 Å². The number of nitrogens with zero attached hydrogens (tertiary/aromatic N) is 1. The van der Waals surface area contributed by atoms with Crippen molar-refractivity contribution in [3.05, 3.63) is 71.8 Å². The van der Waals surface area contributed by atoms with Crippen LogP contribution in [-0.4, -0.2) is 23.4 Å². The third kappa shape index (κ3) is 4.50. The summed E-state index contributed by atoms with van der Waals surface area (Å²) < 4.78 is 36.5. The standard InChI is InChI=1S/C20H24N.ClHO4/c1-4-19-20(15-16(2)21(19)3,17-11-7-5-8-12-17)18-13-9-6-10-14-18;2-1(3,4)5/h5-14,16H,4,15H2,1-3H3;(H,2,3,4,5)/q+1;/p-1. The van der Waals surface area contributed by atoms with Gasteiger partial charge >= 0.3 is 0 Å². The molecular formula is C20H24ClNO4. The Morgan fingerprint density at radius 1 is 0.923 bits per heavy atom. The average molecular weight is 378 g/mol. The van der Waals surface area contributed by atoms with Gasteiger partial charge in [-0.05, 0) is 18.1 Å². The Hall–Kier alpha value is -1.76. The second-order valence-electron chi connectivity index (χ2n) is 6.48. The quantitative estimate of drug-likeness (QED) is 0.674. The van der Waals surface area contributed by atoms with Crippen molar-refractivity contribution in [2.45, 2.75) is 38.1 Å². The molecule has 5 nitrogen and oxygen atoms in total. The van der Waals surface area contributed by atoms with Gasteiger partial charge in [0, 0.05) is 12.8 Å². The Morgan fingerprint density at radius 3 is 1.65 bits per heavy atom. The Bertz CT molecular complexity index is 696. The van der Waals surface area contributed by atoms with Crippen molar-refractivity contribution in [2.75, 3.05) is 7.05 Å². The molecule has 1 heterocycles. The van der Waals surface area contributed by atoms with Crippen molar-refractivity contribution < 1.29 is 33.5 Å². The summed E-state index contributed by atoms with van der Waals surface area (Å²) in [6, 6.07) is 22.6. The van der Waals surface area contributed by atoms with E-state index in [0.29, 0.717) is 6.04 Å². The van der Waals surface area contributed by atoms with Gasteiger partial charge in [-0.1, -0.05) is 67.6 Å². The van der Waals surface area contributed by atoms with Gasteiger partial charge in [0.1, 0.15) is 12.5 Å². The van der Waals surface area contributed by atoms with E-state index >= 15 is 0 Å². The summed E-state index contributed by atoms with van der Waals surface area (Å²) in [7, 11) is -2.70. The number of benzene rings is 2. The molecule has 1 atom stereocenters.